The smallest absolute Gasteiger partial charge is 0.336 e. The van der Waals surface area contributed by atoms with Crippen molar-refractivity contribution in [2.75, 3.05) is 6.54 Å². The van der Waals surface area contributed by atoms with E-state index in [4.69, 9.17) is 9.15 Å². The van der Waals surface area contributed by atoms with Gasteiger partial charge in [-0.25, -0.2) is 9.59 Å². The Kier molecular flexibility index (Phi) is 5.33. The number of imide groups is 1. The minimum Gasteiger partial charge on any atom is -0.459 e. The van der Waals surface area contributed by atoms with Crippen molar-refractivity contribution in [2.45, 2.75) is 58.6 Å². The van der Waals surface area contributed by atoms with Crippen molar-refractivity contribution in [3.8, 4) is 0 Å². The Bertz CT molecular complexity index is 1140. The van der Waals surface area contributed by atoms with Crippen molar-refractivity contribution in [1.29, 1.82) is 0 Å². The SMILES string of the molecule is Cc1cc2oc(=O)cc(COC(=O)CN3C(=O)NC4(CCCCC4C)C3=O)c2cc1C. The highest BCUT2D eigenvalue weighted by atomic mass is 16.5. The number of carbonyl (C=O) groups is 3. The zero-order chi connectivity index (χ0) is 22.3. The molecule has 2 heterocycles. The van der Waals surface area contributed by atoms with Gasteiger partial charge in [-0.05, 0) is 55.9 Å². The number of urea groups is 1. The molecule has 0 bridgehead atoms. The molecule has 2 unspecified atom stereocenters. The van der Waals surface area contributed by atoms with E-state index in [1.165, 1.54) is 6.07 Å². The summed E-state index contributed by atoms with van der Waals surface area (Å²) in [5.41, 5.74) is 1.47. The molecule has 0 radical (unpaired) electrons. The Balaban J connectivity index is 1.48. The molecule has 1 saturated carbocycles. The Morgan fingerprint density at radius 3 is 2.68 bits per heavy atom. The Morgan fingerprint density at radius 2 is 1.94 bits per heavy atom. The van der Waals surface area contributed by atoms with E-state index < -0.39 is 29.7 Å². The molecule has 2 aliphatic rings. The summed E-state index contributed by atoms with van der Waals surface area (Å²) >= 11 is 0. The van der Waals surface area contributed by atoms with E-state index in [2.05, 4.69) is 5.32 Å². The van der Waals surface area contributed by atoms with Crippen LogP contribution in [0.2, 0.25) is 0 Å². The maximum atomic E-state index is 13.0. The summed E-state index contributed by atoms with van der Waals surface area (Å²) in [5, 5.41) is 3.50. The maximum absolute atomic E-state index is 13.0. The maximum Gasteiger partial charge on any atom is 0.336 e. The Morgan fingerprint density at radius 1 is 1.19 bits per heavy atom. The molecule has 8 nitrogen and oxygen atoms in total. The summed E-state index contributed by atoms with van der Waals surface area (Å²) in [6, 6.07) is 4.38. The van der Waals surface area contributed by atoms with Crippen LogP contribution in [0.4, 0.5) is 4.79 Å². The minimum atomic E-state index is -0.917. The Hall–Kier alpha value is -3.16. The standard InChI is InChI=1S/C23H26N2O6/c1-13-8-17-16(10-19(26)31-18(17)9-14(13)2)12-30-20(27)11-25-21(28)23(24-22(25)29)7-5-4-6-15(23)3/h8-10,15H,4-7,11-12H2,1-3H3,(H,24,29). The molecule has 3 amide bonds. The van der Waals surface area contributed by atoms with Crippen LogP contribution in [-0.2, 0) is 20.9 Å². The first-order valence-corrected chi connectivity index (χ1v) is 10.5. The number of hydrogen-bond acceptors (Lipinski definition) is 6. The van der Waals surface area contributed by atoms with Gasteiger partial charge >= 0.3 is 17.6 Å². The zero-order valence-corrected chi connectivity index (χ0v) is 17.9. The molecule has 1 spiro atoms. The molecule has 2 fully saturated rings. The summed E-state index contributed by atoms with van der Waals surface area (Å²) in [6.45, 7) is 5.19. The third-order valence-electron chi connectivity index (χ3n) is 6.62. The number of fused-ring (bicyclic) bond motifs is 1. The zero-order valence-electron chi connectivity index (χ0n) is 17.9. The molecule has 1 N–H and O–H groups in total. The first kappa shape index (κ1) is 21.1. The third kappa shape index (κ3) is 3.71. The van der Waals surface area contributed by atoms with Gasteiger partial charge < -0.3 is 14.5 Å². The third-order valence-corrected chi connectivity index (χ3v) is 6.62. The molecular formula is C23H26N2O6. The normalized spacial score (nSPS) is 23.5. The average molecular weight is 426 g/mol. The van der Waals surface area contributed by atoms with E-state index in [-0.39, 0.29) is 18.4 Å². The predicted molar refractivity (Wildman–Crippen MR) is 112 cm³/mol. The lowest BCUT2D eigenvalue weighted by molar-refractivity contribution is -0.149. The second-order valence-corrected chi connectivity index (χ2v) is 8.62. The number of nitrogens with one attached hydrogen (secondary N) is 1. The number of ether oxygens (including phenoxy) is 1. The highest BCUT2D eigenvalue weighted by molar-refractivity contribution is 6.09. The van der Waals surface area contributed by atoms with E-state index in [1.54, 1.807) is 6.07 Å². The highest BCUT2D eigenvalue weighted by Gasteiger charge is 2.55. The summed E-state index contributed by atoms with van der Waals surface area (Å²) < 4.78 is 10.6. The van der Waals surface area contributed by atoms with E-state index in [0.717, 1.165) is 35.3 Å². The van der Waals surface area contributed by atoms with Gasteiger partial charge in [0.05, 0.1) is 0 Å². The monoisotopic (exact) mass is 426 g/mol. The molecule has 1 aromatic carbocycles. The molecule has 164 valence electrons. The fraction of sp³-hybridized carbons (Fsp3) is 0.478. The van der Waals surface area contributed by atoms with Crippen molar-refractivity contribution in [2.24, 2.45) is 5.92 Å². The van der Waals surface area contributed by atoms with Crippen LogP contribution in [0, 0.1) is 19.8 Å². The predicted octanol–water partition coefficient (Wildman–Crippen LogP) is 2.95. The van der Waals surface area contributed by atoms with Gasteiger partial charge in [0.15, 0.2) is 0 Å². The highest BCUT2D eigenvalue weighted by Crippen LogP contribution is 2.38. The van der Waals surface area contributed by atoms with Crippen molar-refractivity contribution in [3.63, 3.8) is 0 Å². The van der Waals surface area contributed by atoms with Crippen LogP contribution in [0.3, 0.4) is 0 Å². The van der Waals surface area contributed by atoms with Gasteiger partial charge in [0.1, 0.15) is 24.3 Å². The number of rotatable bonds is 4. The minimum absolute atomic E-state index is 0.0142. The first-order chi connectivity index (χ1) is 14.7. The van der Waals surface area contributed by atoms with E-state index in [1.807, 2.05) is 26.8 Å². The summed E-state index contributed by atoms with van der Waals surface area (Å²) in [5.74, 6) is -1.06. The summed E-state index contributed by atoms with van der Waals surface area (Å²) in [4.78, 5) is 50.7. The van der Waals surface area contributed by atoms with Crippen LogP contribution in [0.25, 0.3) is 11.0 Å². The number of nitrogens with zero attached hydrogens (tertiary/aromatic N) is 1. The lowest BCUT2D eigenvalue weighted by Gasteiger charge is -2.36. The van der Waals surface area contributed by atoms with E-state index in [9.17, 15) is 19.2 Å². The fourth-order valence-electron chi connectivity index (χ4n) is 4.57. The van der Waals surface area contributed by atoms with E-state index >= 15 is 0 Å². The van der Waals surface area contributed by atoms with Gasteiger partial charge in [0.25, 0.3) is 5.91 Å². The molecule has 1 aliphatic heterocycles. The molecule has 1 saturated heterocycles. The molecule has 4 rings (SSSR count). The number of esters is 1. The Labute approximate surface area is 179 Å². The second kappa shape index (κ2) is 7.83. The van der Waals surface area contributed by atoms with E-state index in [0.29, 0.717) is 23.0 Å². The van der Waals surface area contributed by atoms with Crippen molar-refractivity contribution in [1.82, 2.24) is 10.2 Å². The van der Waals surface area contributed by atoms with Gasteiger partial charge in [-0.3, -0.25) is 14.5 Å². The fourth-order valence-corrected chi connectivity index (χ4v) is 4.57. The van der Waals surface area contributed by atoms with Crippen molar-refractivity contribution >= 4 is 28.9 Å². The topological polar surface area (TPSA) is 106 Å². The number of hydrogen-bond donors (Lipinski definition) is 1. The lowest BCUT2D eigenvalue weighted by Crippen LogP contribution is -2.54. The molecule has 2 atom stereocenters. The molecule has 2 aromatic rings. The lowest BCUT2D eigenvalue weighted by atomic mass is 9.73. The number of amides is 3. The number of carbonyl (C=O) groups excluding carboxylic acids is 3. The van der Waals surface area contributed by atoms with Crippen molar-refractivity contribution < 1.29 is 23.5 Å². The van der Waals surface area contributed by atoms with Crippen molar-refractivity contribution in [3.05, 3.63) is 45.3 Å². The van der Waals surface area contributed by atoms with Gasteiger partial charge in [-0.15, -0.1) is 0 Å². The second-order valence-electron chi connectivity index (χ2n) is 8.62. The number of benzene rings is 1. The van der Waals surface area contributed by atoms with Gasteiger partial charge in [-0.1, -0.05) is 19.8 Å². The van der Waals surface area contributed by atoms with Crippen LogP contribution in [0.1, 0.15) is 49.3 Å². The van der Waals surface area contributed by atoms with Crippen LogP contribution >= 0.6 is 0 Å². The number of aryl methyl sites for hydroxylation is 2. The summed E-state index contributed by atoms with van der Waals surface area (Å²) in [7, 11) is 0. The molecule has 1 aromatic heterocycles. The first-order valence-electron chi connectivity index (χ1n) is 10.5. The molecule has 8 heteroatoms. The molecule has 31 heavy (non-hydrogen) atoms. The van der Waals surface area contributed by atoms with Crippen LogP contribution in [0.15, 0.2) is 27.4 Å². The van der Waals surface area contributed by atoms with Crippen LogP contribution < -0.4 is 10.9 Å². The summed E-state index contributed by atoms with van der Waals surface area (Å²) in [6.07, 6.45) is 3.31. The largest absolute Gasteiger partial charge is 0.459 e. The van der Waals surface area contributed by atoms with Gasteiger partial charge in [0, 0.05) is 17.0 Å². The van der Waals surface area contributed by atoms with Gasteiger partial charge in [-0.2, -0.15) is 0 Å². The average Bonchev–Trinajstić information content (AvgIpc) is 2.94. The molecular weight excluding hydrogens is 400 g/mol. The molecule has 1 aliphatic carbocycles. The van der Waals surface area contributed by atoms with Crippen LogP contribution in [0.5, 0.6) is 0 Å². The quantitative estimate of drug-likeness (QED) is 0.458. The van der Waals surface area contributed by atoms with Crippen LogP contribution in [-0.4, -0.2) is 34.9 Å². The van der Waals surface area contributed by atoms with Gasteiger partial charge in [0.2, 0.25) is 0 Å².